The highest BCUT2D eigenvalue weighted by Crippen LogP contribution is 2.34. The number of hydrogen-bond acceptors (Lipinski definition) is 3. The van der Waals surface area contributed by atoms with Crippen LogP contribution in [0.2, 0.25) is 0 Å². The molecule has 1 aromatic rings. The zero-order valence-corrected chi connectivity index (χ0v) is 8.56. The smallest absolute Gasteiger partial charge is 0.0400 e. The van der Waals surface area contributed by atoms with Crippen molar-refractivity contribution in [1.29, 1.82) is 0 Å². The number of rotatable bonds is 2. The standard InChI is InChI=1S/C11H17N3/c1-14-6-4-9(7-12)11(14)10-3-2-5-13-8-10/h2-3,5,8-9,11H,4,6-7,12H2,1H3/t9-,11+/m1/s1. The zero-order valence-electron chi connectivity index (χ0n) is 8.56. The molecule has 0 radical (unpaired) electrons. The van der Waals surface area contributed by atoms with Gasteiger partial charge in [0.05, 0.1) is 0 Å². The highest BCUT2D eigenvalue weighted by Gasteiger charge is 2.31. The van der Waals surface area contributed by atoms with Crippen LogP contribution in [0.15, 0.2) is 24.5 Å². The number of pyridine rings is 1. The predicted octanol–water partition coefficient (Wildman–Crippen LogP) is 1.03. The molecule has 2 heterocycles. The van der Waals surface area contributed by atoms with E-state index in [1.165, 1.54) is 12.0 Å². The van der Waals surface area contributed by atoms with E-state index in [1.807, 2.05) is 18.5 Å². The minimum atomic E-state index is 0.466. The third-order valence-corrected chi connectivity index (χ3v) is 3.10. The summed E-state index contributed by atoms with van der Waals surface area (Å²) >= 11 is 0. The molecular weight excluding hydrogens is 174 g/mol. The van der Waals surface area contributed by atoms with E-state index in [4.69, 9.17) is 5.73 Å². The molecular formula is C11H17N3. The first-order valence-corrected chi connectivity index (χ1v) is 5.13. The number of aromatic nitrogens is 1. The van der Waals surface area contributed by atoms with Gasteiger partial charge in [-0.25, -0.2) is 0 Å². The van der Waals surface area contributed by atoms with Gasteiger partial charge in [-0.3, -0.25) is 9.88 Å². The Morgan fingerprint density at radius 2 is 2.50 bits per heavy atom. The normalized spacial score (nSPS) is 28.1. The van der Waals surface area contributed by atoms with Crippen molar-refractivity contribution >= 4 is 0 Å². The maximum absolute atomic E-state index is 5.78. The first-order valence-electron chi connectivity index (χ1n) is 5.13. The van der Waals surface area contributed by atoms with Crippen LogP contribution in [0.1, 0.15) is 18.0 Å². The van der Waals surface area contributed by atoms with Crippen LogP contribution in [0.25, 0.3) is 0 Å². The Morgan fingerprint density at radius 3 is 3.14 bits per heavy atom. The van der Waals surface area contributed by atoms with Gasteiger partial charge in [-0.15, -0.1) is 0 Å². The SMILES string of the molecule is CN1CC[C@H](CN)[C@H]1c1cccnc1. The van der Waals surface area contributed by atoms with E-state index < -0.39 is 0 Å². The van der Waals surface area contributed by atoms with Crippen LogP contribution in [-0.4, -0.2) is 30.0 Å². The molecule has 14 heavy (non-hydrogen) atoms. The largest absolute Gasteiger partial charge is 0.330 e. The summed E-state index contributed by atoms with van der Waals surface area (Å²) in [7, 11) is 2.16. The highest BCUT2D eigenvalue weighted by atomic mass is 15.2. The molecule has 0 unspecified atom stereocenters. The Balaban J connectivity index is 2.23. The van der Waals surface area contributed by atoms with Crippen molar-refractivity contribution in [3.05, 3.63) is 30.1 Å². The molecule has 1 aromatic heterocycles. The van der Waals surface area contributed by atoms with Crippen molar-refractivity contribution in [3.8, 4) is 0 Å². The molecule has 0 bridgehead atoms. The first kappa shape index (κ1) is 9.62. The topological polar surface area (TPSA) is 42.1 Å². The third kappa shape index (κ3) is 1.65. The Hall–Kier alpha value is -0.930. The van der Waals surface area contributed by atoms with Crippen LogP contribution in [0.4, 0.5) is 0 Å². The second-order valence-corrected chi connectivity index (χ2v) is 4.00. The van der Waals surface area contributed by atoms with Crippen LogP contribution in [0.3, 0.4) is 0 Å². The summed E-state index contributed by atoms with van der Waals surface area (Å²) in [6.45, 7) is 1.91. The third-order valence-electron chi connectivity index (χ3n) is 3.10. The lowest BCUT2D eigenvalue weighted by molar-refractivity contribution is 0.279. The van der Waals surface area contributed by atoms with Crippen molar-refractivity contribution in [2.24, 2.45) is 11.7 Å². The number of hydrogen-bond donors (Lipinski definition) is 1. The molecule has 1 aliphatic rings. The fourth-order valence-corrected chi connectivity index (χ4v) is 2.35. The van der Waals surface area contributed by atoms with E-state index in [0.717, 1.165) is 13.1 Å². The van der Waals surface area contributed by atoms with Crippen molar-refractivity contribution in [2.75, 3.05) is 20.1 Å². The van der Waals surface area contributed by atoms with Crippen molar-refractivity contribution in [1.82, 2.24) is 9.88 Å². The maximum Gasteiger partial charge on any atom is 0.0400 e. The molecule has 1 saturated heterocycles. The van der Waals surface area contributed by atoms with Gasteiger partial charge in [0.25, 0.3) is 0 Å². The summed E-state index contributed by atoms with van der Waals surface area (Å²) in [5.74, 6) is 0.587. The molecule has 2 rings (SSSR count). The summed E-state index contributed by atoms with van der Waals surface area (Å²) in [5.41, 5.74) is 7.07. The second kappa shape index (κ2) is 4.07. The minimum absolute atomic E-state index is 0.466. The summed E-state index contributed by atoms with van der Waals surface area (Å²) in [5, 5.41) is 0. The fraction of sp³-hybridized carbons (Fsp3) is 0.545. The van der Waals surface area contributed by atoms with Crippen LogP contribution >= 0.6 is 0 Å². The Kier molecular flexibility index (Phi) is 2.79. The summed E-state index contributed by atoms with van der Waals surface area (Å²) in [4.78, 5) is 6.53. The molecule has 1 fully saturated rings. The first-order chi connectivity index (χ1) is 6.83. The van der Waals surface area contributed by atoms with Gasteiger partial charge in [0.1, 0.15) is 0 Å². The van der Waals surface area contributed by atoms with Gasteiger partial charge in [0, 0.05) is 18.4 Å². The molecule has 0 saturated carbocycles. The number of likely N-dealkylation sites (tertiary alicyclic amines) is 1. The lowest BCUT2D eigenvalue weighted by atomic mass is 9.95. The molecule has 76 valence electrons. The predicted molar refractivity (Wildman–Crippen MR) is 56.8 cm³/mol. The van der Waals surface area contributed by atoms with Crippen LogP contribution in [0.5, 0.6) is 0 Å². The molecule has 3 heteroatoms. The van der Waals surface area contributed by atoms with Gasteiger partial charge < -0.3 is 5.73 Å². The summed E-state index contributed by atoms with van der Waals surface area (Å²) in [6, 6.07) is 4.60. The molecule has 3 nitrogen and oxygen atoms in total. The quantitative estimate of drug-likeness (QED) is 0.759. The van der Waals surface area contributed by atoms with Crippen molar-refractivity contribution in [3.63, 3.8) is 0 Å². The summed E-state index contributed by atoms with van der Waals surface area (Å²) in [6.07, 6.45) is 4.97. The van der Waals surface area contributed by atoms with Gasteiger partial charge in [0.2, 0.25) is 0 Å². The van der Waals surface area contributed by atoms with Crippen molar-refractivity contribution < 1.29 is 0 Å². The number of nitrogens with zero attached hydrogens (tertiary/aromatic N) is 2. The monoisotopic (exact) mass is 191 g/mol. The summed E-state index contributed by atoms with van der Waals surface area (Å²) < 4.78 is 0. The van der Waals surface area contributed by atoms with Crippen LogP contribution in [0, 0.1) is 5.92 Å². The molecule has 0 amide bonds. The average Bonchev–Trinajstić information content (AvgIpc) is 2.61. The lowest BCUT2D eigenvalue weighted by Crippen LogP contribution is -2.25. The van der Waals surface area contributed by atoms with Gasteiger partial charge in [-0.1, -0.05) is 6.07 Å². The highest BCUT2D eigenvalue weighted by molar-refractivity contribution is 5.16. The van der Waals surface area contributed by atoms with E-state index in [-0.39, 0.29) is 0 Å². The van der Waals surface area contributed by atoms with Crippen LogP contribution < -0.4 is 5.73 Å². The van der Waals surface area contributed by atoms with E-state index in [9.17, 15) is 0 Å². The van der Waals surface area contributed by atoms with Crippen molar-refractivity contribution in [2.45, 2.75) is 12.5 Å². The molecule has 0 aliphatic carbocycles. The van der Waals surface area contributed by atoms with Gasteiger partial charge in [-0.05, 0) is 44.1 Å². The molecule has 0 aromatic carbocycles. The molecule has 2 N–H and O–H groups in total. The van der Waals surface area contributed by atoms with E-state index in [0.29, 0.717) is 12.0 Å². The second-order valence-electron chi connectivity index (χ2n) is 4.00. The maximum atomic E-state index is 5.78. The van der Waals surface area contributed by atoms with E-state index in [2.05, 4.69) is 23.0 Å². The Morgan fingerprint density at radius 1 is 1.64 bits per heavy atom. The number of nitrogens with two attached hydrogens (primary N) is 1. The minimum Gasteiger partial charge on any atom is -0.330 e. The lowest BCUT2D eigenvalue weighted by Gasteiger charge is -2.24. The van der Waals surface area contributed by atoms with Gasteiger partial charge >= 0.3 is 0 Å². The molecule has 1 aliphatic heterocycles. The molecule has 2 atom stereocenters. The molecule has 0 spiro atoms. The van der Waals surface area contributed by atoms with Crippen LogP contribution in [-0.2, 0) is 0 Å². The zero-order chi connectivity index (χ0) is 9.97. The Bertz CT molecular complexity index is 286. The Labute approximate surface area is 84.9 Å². The van der Waals surface area contributed by atoms with Gasteiger partial charge in [0.15, 0.2) is 0 Å². The van der Waals surface area contributed by atoms with E-state index >= 15 is 0 Å². The van der Waals surface area contributed by atoms with Gasteiger partial charge in [-0.2, -0.15) is 0 Å². The fourth-order valence-electron chi connectivity index (χ4n) is 2.35. The average molecular weight is 191 g/mol. The van der Waals surface area contributed by atoms with E-state index in [1.54, 1.807) is 0 Å².